The number of allylic oxidation sites excluding steroid dienone is 1. The zero-order valence-corrected chi connectivity index (χ0v) is 26.1. The van der Waals surface area contributed by atoms with Gasteiger partial charge in [-0.2, -0.15) is 0 Å². The van der Waals surface area contributed by atoms with Crippen molar-refractivity contribution in [2.24, 2.45) is 4.99 Å². The molecular formula is C30H34BrN3O6S. The second-order valence-corrected chi connectivity index (χ2v) is 11.7. The number of nitrogens with zero attached hydrogens (tertiary/aromatic N) is 3. The molecule has 1 aromatic carbocycles. The predicted molar refractivity (Wildman–Crippen MR) is 162 cm³/mol. The van der Waals surface area contributed by atoms with E-state index in [1.54, 1.807) is 43.7 Å². The fraction of sp³-hybridized carbons (Fsp3) is 0.433. The molecule has 2 aromatic heterocycles. The lowest BCUT2D eigenvalue weighted by atomic mass is 9.95. The molecule has 0 bridgehead atoms. The van der Waals surface area contributed by atoms with Gasteiger partial charge >= 0.3 is 5.97 Å². The van der Waals surface area contributed by atoms with Crippen molar-refractivity contribution in [3.63, 3.8) is 0 Å². The number of anilines is 1. The standard InChI is InChI=1S/C30H34BrN3O6S/c1-5-38-23-17-21(31)20(16-22(23)37-4)27-26(29(36)39-6-2)18(3)32-30-34(27)28(35)24(41-30)15-19-11-12-25(40-19)33-13-9-7-8-10-14-33/h11-12,15-17,27H,5-10,13-14H2,1-4H3/b24-15+/t27-/m1/s1. The molecule has 2 aliphatic rings. The van der Waals surface area contributed by atoms with Crippen molar-refractivity contribution in [3.8, 4) is 11.5 Å². The molecule has 2 aliphatic heterocycles. The van der Waals surface area contributed by atoms with Crippen LogP contribution in [0.25, 0.3) is 6.08 Å². The van der Waals surface area contributed by atoms with E-state index >= 15 is 0 Å². The number of hydrogen-bond donors (Lipinski definition) is 0. The van der Waals surface area contributed by atoms with Crippen molar-refractivity contribution < 1.29 is 23.4 Å². The largest absolute Gasteiger partial charge is 0.493 e. The van der Waals surface area contributed by atoms with Crippen LogP contribution in [-0.4, -0.2) is 43.9 Å². The van der Waals surface area contributed by atoms with Gasteiger partial charge in [0.25, 0.3) is 5.56 Å². The summed E-state index contributed by atoms with van der Waals surface area (Å²) in [5.41, 5.74) is 1.15. The van der Waals surface area contributed by atoms with E-state index < -0.39 is 12.0 Å². The summed E-state index contributed by atoms with van der Waals surface area (Å²) >= 11 is 4.91. The van der Waals surface area contributed by atoms with E-state index in [1.165, 1.54) is 24.2 Å². The number of halogens is 1. The first-order valence-electron chi connectivity index (χ1n) is 13.9. The fourth-order valence-electron chi connectivity index (χ4n) is 5.28. The Bertz CT molecular complexity index is 1640. The van der Waals surface area contributed by atoms with Crippen molar-refractivity contribution in [1.82, 2.24) is 4.57 Å². The Kier molecular flexibility index (Phi) is 9.03. The van der Waals surface area contributed by atoms with Gasteiger partial charge in [0.05, 0.1) is 42.2 Å². The number of hydrogen-bond acceptors (Lipinski definition) is 9. The maximum absolute atomic E-state index is 14.0. The zero-order chi connectivity index (χ0) is 29.1. The van der Waals surface area contributed by atoms with Crippen LogP contribution in [0.1, 0.15) is 63.8 Å². The van der Waals surface area contributed by atoms with Crippen LogP contribution in [0, 0.1) is 0 Å². The molecular weight excluding hydrogens is 610 g/mol. The average Bonchev–Trinajstić information content (AvgIpc) is 3.41. The lowest BCUT2D eigenvalue weighted by molar-refractivity contribution is -0.139. The maximum Gasteiger partial charge on any atom is 0.338 e. The smallest absolute Gasteiger partial charge is 0.338 e. The minimum atomic E-state index is -0.796. The Morgan fingerprint density at radius 1 is 1.15 bits per heavy atom. The number of benzene rings is 1. The van der Waals surface area contributed by atoms with Crippen molar-refractivity contribution in [3.05, 3.63) is 71.0 Å². The number of methoxy groups -OCH3 is 1. The third kappa shape index (κ3) is 5.88. The molecule has 0 radical (unpaired) electrons. The minimum absolute atomic E-state index is 0.193. The van der Waals surface area contributed by atoms with E-state index in [-0.39, 0.29) is 12.2 Å². The number of fused-ring (bicyclic) bond motifs is 1. The maximum atomic E-state index is 14.0. The highest BCUT2D eigenvalue weighted by molar-refractivity contribution is 9.10. The molecule has 1 fully saturated rings. The molecule has 0 saturated carbocycles. The molecule has 3 aromatic rings. The lowest BCUT2D eigenvalue weighted by Crippen LogP contribution is -2.40. The minimum Gasteiger partial charge on any atom is -0.493 e. The normalized spacial score (nSPS) is 17.6. The molecule has 0 amide bonds. The molecule has 11 heteroatoms. The van der Waals surface area contributed by atoms with E-state index in [0.29, 0.717) is 54.5 Å². The molecule has 4 heterocycles. The molecule has 41 heavy (non-hydrogen) atoms. The van der Waals surface area contributed by atoms with Gasteiger partial charge in [0.1, 0.15) is 5.76 Å². The summed E-state index contributed by atoms with van der Waals surface area (Å²) in [6, 6.07) is 6.63. The summed E-state index contributed by atoms with van der Waals surface area (Å²) in [6.07, 6.45) is 6.50. The summed E-state index contributed by atoms with van der Waals surface area (Å²) in [5.74, 6) is 1.92. The number of furan rings is 1. The second kappa shape index (κ2) is 12.7. The molecule has 0 unspecified atom stereocenters. The second-order valence-electron chi connectivity index (χ2n) is 9.84. The monoisotopic (exact) mass is 643 g/mol. The van der Waals surface area contributed by atoms with Gasteiger partial charge in [0.2, 0.25) is 0 Å². The van der Waals surface area contributed by atoms with Gasteiger partial charge in [-0.25, -0.2) is 9.79 Å². The van der Waals surface area contributed by atoms with Gasteiger partial charge in [0, 0.05) is 29.7 Å². The van der Waals surface area contributed by atoms with Crippen molar-refractivity contribution in [1.29, 1.82) is 0 Å². The molecule has 5 rings (SSSR count). The van der Waals surface area contributed by atoms with Gasteiger partial charge in [-0.05, 0) is 57.4 Å². The highest BCUT2D eigenvalue weighted by Crippen LogP contribution is 2.41. The predicted octanol–water partition coefficient (Wildman–Crippen LogP) is 4.94. The molecule has 0 spiro atoms. The summed E-state index contributed by atoms with van der Waals surface area (Å²) in [7, 11) is 1.55. The van der Waals surface area contributed by atoms with E-state index in [9.17, 15) is 9.59 Å². The summed E-state index contributed by atoms with van der Waals surface area (Å²) in [5, 5.41) is 0. The van der Waals surface area contributed by atoms with Crippen LogP contribution >= 0.6 is 27.3 Å². The fourth-order valence-corrected chi connectivity index (χ4v) is 6.85. The summed E-state index contributed by atoms with van der Waals surface area (Å²) in [4.78, 5) is 34.7. The SMILES string of the molecule is CCOC(=O)C1=C(C)N=c2s/c(=C/c3ccc(N4CCCCCC4)o3)c(=O)n2[C@@H]1c1cc(OC)c(OCC)cc1Br. The van der Waals surface area contributed by atoms with E-state index in [4.69, 9.17) is 18.6 Å². The van der Waals surface area contributed by atoms with Crippen molar-refractivity contribution in [2.75, 3.05) is 38.3 Å². The van der Waals surface area contributed by atoms with E-state index in [0.717, 1.165) is 31.8 Å². The highest BCUT2D eigenvalue weighted by Gasteiger charge is 2.35. The molecule has 218 valence electrons. The molecule has 0 N–H and O–H groups in total. The molecule has 1 saturated heterocycles. The first kappa shape index (κ1) is 29.2. The molecule has 0 aliphatic carbocycles. The van der Waals surface area contributed by atoms with E-state index in [1.807, 2.05) is 19.1 Å². The van der Waals surface area contributed by atoms with Crippen LogP contribution in [0.2, 0.25) is 0 Å². The van der Waals surface area contributed by atoms with Crippen LogP contribution in [-0.2, 0) is 9.53 Å². The van der Waals surface area contributed by atoms with E-state index in [2.05, 4.69) is 25.8 Å². The Morgan fingerprint density at radius 3 is 2.59 bits per heavy atom. The zero-order valence-electron chi connectivity index (χ0n) is 23.7. The quantitative estimate of drug-likeness (QED) is 0.321. The van der Waals surface area contributed by atoms with Gasteiger partial charge < -0.3 is 23.5 Å². The summed E-state index contributed by atoms with van der Waals surface area (Å²) < 4.78 is 25.6. The Morgan fingerprint density at radius 2 is 1.90 bits per heavy atom. The number of thiazole rings is 1. The molecule has 9 nitrogen and oxygen atoms in total. The average molecular weight is 645 g/mol. The van der Waals surface area contributed by atoms with Crippen LogP contribution in [0.15, 0.2) is 54.2 Å². The van der Waals surface area contributed by atoms with Crippen LogP contribution in [0.5, 0.6) is 11.5 Å². The topological polar surface area (TPSA) is 95.5 Å². The number of rotatable bonds is 8. The first-order valence-corrected chi connectivity index (χ1v) is 15.5. The van der Waals surface area contributed by atoms with Crippen LogP contribution < -0.4 is 29.3 Å². The number of carbonyl (C=O) groups is 1. The number of aromatic nitrogens is 1. The first-order chi connectivity index (χ1) is 19.9. The van der Waals surface area contributed by atoms with Crippen molar-refractivity contribution in [2.45, 2.75) is 52.5 Å². The number of esters is 1. The Balaban J connectivity index is 1.64. The molecule has 1 atom stereocenters. The van der Waals surface area contributed by atoms with Gasteiger partial charge in [-0.1, -0.05) is 40.1 Å². The summed E-state index contributed by atoms with van der Waals surface area (Å²) in [6.45, 7) is 7.97. The highest BCUT2D eigenvalue weighted by atomic mass is 79.9. The number of ether oxygens (including phenoxy) is 3. The van der Waals surface area contributed by atoms with Crippen LogP contribution in [0.3, 0.4) is 0 Å². The lowest BCUT2D eigenvalue weighted by Gasteiger charge is -2.26. The third-order valence-electron chi connectivity index (χ3n) is 7.20. The van der Waals surface area contributed by atoms with Crippen LogP contribution in [0.4, 0.5) is 5.88 Å². The third-order valence-corrected chi connectivity index (χ3v) is 8.87. The van der Waals surface area contributed by atoms with Gasteiger partial charge in [-0.3, -0.25) is 9.36 Å². The van der Waals surface area contributed by atoms with Gasteiger partial charge in [0.15, 0.2) is 22.2 Å². The Hall–Kier alpha value is -3.31. The van der Waals surface area contributed by atoms with Crippen molar-refractivity contribution >= 4 is 45.2 Å². The van der Waals surface area contributed by atoms with Gasteiger partial charge in [-0.15, -0.1) is 0 Å². The Labute approximate surface area is 250 Å². The number of carbonyl (C=O) groups excluding carboxylic acids is 1.